The van der Waals surface area contributed by atoms with E-state index in [0.29, 0.717) is 0 Å². The average molecular weight is 188 g/mol. The molecule has 1 aliphatic heterocycles. The van der Waals surface area contributed by atoms with Crippen molar-refractivity contribution < 1.29 is 9.16 Å². The van der Waals surface area contributed by atoms with Crippen LogP contribution in [-0.2, 0) is 9.16 Å². The molecule has 1 aliphatic rings. The molecule has 1 rings (SSSR count). The van der Waals surface area contributed by atoms with Gasteiger partial charge in [0.2, 0.25) is 0 Å². The normalized spacial score (nSPS) is 21.2. The fourth-order valence-electron chi connectivity index (χ4n) is 1.28. The summed E-state index contributed by atoms with van der Waals surface area (Å²) in [5.74, 6) is 0.755. The van der Waals surface area contributed by atoms with Crippen LogP contribution in [0.4, 0.5) is 0 Å². The molecule has 0 saturated carbocycles. The molecule has 0 spiro atoms. The molecule has 0 radical (unpaired) electrons. The first-order valence-electron chi connectivity index (χ1n) is 4.79. The lowest BCUT2D eigenvalue weighted by molar-refractivity contribution is 0.0485. The van der Waals surface area contributed by atoms with Crippen molar-refractivity contribution in [3.05, 3.63) is 0 Å². The second-order valence-electron chi connectivity index (χ2n) is 4.48. The van der Waals surface area contributed by atoms with Crippen molar-refractivity contribution in [3.8, 4) is 0 Å². The Morgan fingerprint density at radius 3 is 2.33 bits per heavy atom. The van der Waals surface area contributed by atoms with E-state index in [2.05, 4.69) is 19.6 Å². The first kappa shape index (κ1) is 10.2. The Kier molecular flexibility index (Phi) is 3.74. The van der Waals surface area contributed by atoms with Gasteiger partial charge in [0, 0.05) is 19.8 Å². The summed E-state index contributed by atoms with van der Waals surface area (Å²) in [6, 6.07) is 0. The van der Waals surface area contributed by atoms with E-state index in [-0.39, 0.29) is 0 Å². The van der Waals surface area contributed by atoms with Gasteiger partial charge in [0.05, 0.1) is 0 Å². The van der Waals surface area contributed by atoms with Crippen LogP contribution < -0.4 is 0 Å². The molecule has 3 heteroatoms. The Labute approximate surface area is 76.4 Å². The summed E-state index contributed by atoms with van der Waals surface area (Å²) in [4.78, 5) is 0. The van der Waals surface area contributed by atoms with Gasteiger partial charge in [-0.05, 0) is 38.4 Å². The molecule has 0 aromatic heterocycles. The smallest absolute Gasteiger partial charge is 0.183 e. The number of ether oxygens (including phenoxy) is 1. The zero-order chi connectivity index (χ0) is 9.03. The van der Waals surface area contributed by atoms with Gasteiger partial charge in [0.1, 0.15) is 0 Å². The van der Waals surface area contributed by atoms with Crippen LogP contribution in [0.15, 0.2) is 0 Å². The Morgan fingerprint density at radius 1 is 1.25 bits per heavy atom. The zero-order valence-corrected chi connectivity index (χ0v) is 9.43. The number of hydrogen-bond acceptors (Lipinski definition) is 2. The molecule has 0 N–H and O–H groups in total. The van der Waals surface area contributed by atoms with Gasteiger partial charge >= 0.3 is 0 Å². The fraction of sp³-hybridized carbons (Fsp3) is 1.00. The highest BCUT2D eigenvalue weighted by atomic mass is 28.4. The third kappa shape index (κ3) is 4.23. The third-order valence-corrected chi connectivity index (χ3v) is 3.13. The first-order chi connectivity index (χ1) is 5.58. The molecule has 2 nitrogen and oxygen atoms in total. The van der Waals surface area contributed by atoms with Crippen LogP contribution >= 0.6 is 0 Å². The van der Waals surface area contributed by atoms with Gasteiger partial charge in [-0.25, -0.2) is 0 Å². The molecule has 0 aromatic rings. The summed E-state index contributed by atoms with van der Waals surface area (Å²) in [7, 11) is -1.28. The lowest BCUT2D eigenvalue weighted by Crippen LogP contribution is -2.30. The molecule has 72 valence electrons. The maximum absolute atomic E-state index is 5.85. The molecule has 0 amide bonds. The van der Waals surface area contributed by atoms with Crippen LogP contribution in [0.25, 0.3) is 0 Å². The molecule has 0 unspecified atom stereocenters. The summed E-state index contributed by atoms with van der Waals surface area (Å²) in [5.41, 5.74) is 0. The Balaban J connectivity index is 2.13. The van der Waals surface area contributed by atoms with Crippen LogP contribution in [0.1, 0.15) is 12.8 Å². The predicted molar refractivity (Wildman–Crippen MR) is 52.8 cm³/mol. The molecule has 12 heavy (non-hydrogen) atoms. The van der Waals surface area contributed by atoms with E-state index in [1.54, 1.807) is 0 Å². The molecule has 1 heterocycles. The highest BCUT2D eigenvalue weighted by Crippen LogP contribution is 2.16. The maximum Gasteiger partial charge on any atom is 0.183 e. The lowest BCUT2D eigenvalue weighted by atomic mass is 10.0. The van der Waals surface area contributed by atoms with E-state index in [4.69, 9.17) is 9.16 Å². The summed E-state index contributed by atoms with van der Waals surface area (Å²) in [6.45, 7) is 9.55. The standard InChI is InChI=1S/C9H20O2Si/c1-12(2,3)11-8-9-4-6-10-7-5-9/h9H,4-8H2,1-3H3. The van der Waals surface area contributed by atoms with E-state index in [9.17, 15) is 0 Å². The van der Waals surface area contributed by atoms with Crippen LogP contribution in [0, 0.1) is 5.92 Å². The SMILES string of the molecule is C[Si](C)(C)OCC1CCOCC1. The van der Waals surface area contributed by atoms with Gasteiger partial charge in [-0.15, -0.1) is 0 Å². The maximum atomic E-state index is 5.85. The van der Waals surface area contributed by atoms with E-state index in [1.807, 2.05) is 0 Å². The monoisotopic (exact) mass is 188 g/mol. The van der Waals surface area contributed by atoms with Crippen molar-refractivity contribution in [3.63, 3.8) is 0 Å². The minimum Gasteiger partial charge on any atom is -0.417 e. The van der Waals surface area contributed by atoms with Gasteiger partial charge in [-0.1, -0.05) is 0 Å². The van der Waals surface area contributed by atoms with Gasteiger partial charge in [-0.2, -0.15) is 0 Å². The van der Waals surface area contributed by atoms with Gasteiger partial charge in [-0.3, -0.25) is 0 Å². The molecule has 0 aliphatic carbocycles. The van der Waals surface area contributed by atoms with Crippen LogP contribution in [0.3, 0.4) is 0 Å². The Bertz CT molecular complexity index is 125. The highest BCUT2D eigenvalue weighted by Gasteiger charge is 2.19. The quantitative estimate of drug-likeness (QED) is 0.633. The molecule has 1 fully saturated rings. The topological polar surface area (TPSA) is 18.5 Å². The fourth-order valence-corrected chi connectivity index (χ4v) is 2.02. The predicted octanol–water partition coefficient (Wildman–Crippen LogP) is 2.26. The molecule has 0 atom stereocenters. The molecular formula is C9H20O2Si. The summed E-state index contributed by atoms with van der Waals surface area (Å²) >= 11 is 0. The van der Waals surface area contributed by atoms with E-state index < -0.39 is 8.32 Å². The van der Waals surface area contributed by atoms with Crippen molar-refractivity contribution in [2.45, 2.75) is 32.5 Å². The van der Waals surface area contributed by atoms with Crippen molar-refractivity contribution >= 4 is 8.32 Å². The van der Waals surface area contributed by atoms with Crippen LogP contribution in [-0.4, -0.2) is 28.1 Å². The largest absolute Gasteiger partial charge is 0.417 e. The van der Waals surface area contributed by atoms with Crippen molar-refractivity contribution in [2.24, 2.45) is 5.92 Å². The highest BCUT2D eigenvalue weighted by molar-refractivity contribution is 6.69. The molecular weight excluding hydrogens is 168 g/mol. The number of rotatable bonds is 3. The number of hydrogen-bond donors (Lipinski definition) is 0. The summed E-state index contributed by atoms with van der Waals surface area (Å²) in [5, 5.41) is 0. The van der Waals surface area contributed by atoms with E-state index >= 15 is 0 Å². The average Bonchev–Trinajstić information content (AvgIpc) is 2.02. The van der Waals surface area contributed by atoms with Gasteiger partial charge in [0.25, 0.3) is 0 Å². The van der Waals surface area contributed by atoms with Gasteiger partial charge < -0.3 is 9.16 Å². The minimum atomic E-state index is -1.28. The Hall–Kier alpha value is 0.137. The van der Waals surface area contributed by atoms with Crippen LogP contribution in [0.2, 0.25) is 19.6 Å². The molecule has 0 bridgehead atoms. The minimum absolute atomic E-state index is 0.755. The van der Waals surface area contributed by atoms with Crippen LogP contribution in [0.5, 0.6) is 0 Å². The molecule has 1 saturated heterocycles. The Morgan fingerprint density at radius 2 is 1.83 bits per heavy atom. The zero-order valence-electron chi connectivity index (χ0n) is 8.43. The van der Waals surface area contributed by atoms with Crippen molar-refractivity contribution in [1.82, 2.24) is 0 Å². The summed E-state index contributed by atoms with van der Waals surface area (Å²) < 4.78 is 11.1. The summed E-state index contributed by atoms with van der Waals surface area (Å²) in [6.07, 6.45) is 2.37. The first-order valence-corrected chi connectivity index (χ1v) is 8.20. The van der Waals surface area contributed by atoms with Crippen molar-refractivity contribution in [1.29, 1.82) is 0 Å². The van der Waals surface area contributed by atoms with E-state index in [0.717, 1.165) is 25.7 Å². The molecule has 0 aromatic carbocycles. The van der Waals surface area contributed by atoms with E-state index in [1.165, 1.54) is 12.8 Å². The van der Waals surface area contributed by atoms with Crippen molar-refractivity contribution in [2.75, 3.05) is 19.8 Å². The third-order valence-electron chi connectivity index (χ3n) is 2.09. The second-order valence-corrected chi connectivity index (χ2v) is 8.99. The second kappa shape index (κ2) is 4.39. The van der Waals surface area contributed by atoms with Gasteiger partial charge in [0.15, 0.2) is 8.32 Å². The lowest BCUT2D eigenvalue weighted by Gasteiger charge is -2.25.